The Kier molecular flexibility index (Phi) is 11.1. The van der Waals surface area contributed by atoms with Gasteiger partial charge in [-0.3, -0.25) is 24.0 Å². The van der Waals surface area contributed by atoms with E-state index in [1.54, 1.807) is 31.2 Å². The number of sulfonamides is 1. The SMILES string of the molecule is COc1cccc(CN(C(=O)CN(c2cc(Cl)ccc2OC)S(=O)(=O)c2ccc(C)c([N+](=O)[O-])c2)C(C)C(=O)NC2CCCC2)c1. The van der Waals surface area contributed by atoms with Gasteiger partial charge in [-0.2, -0.15) is 0 Å². The van der Waals surface area contributed by atoms with Gasteiger partial charge in [-0.05, 0) is 68.7 Å². The van der Waals surface area contributed by atoms with E-state index in [4.69, 9.17) is 21.1 Å². The fraction of sp³-hybridized carbons (Fsp3) is 0.375. The third-order valence-electron chi connectivity index (χ3n) is 8.01. The van der Waals surface area contributed by atoms with Crippen molar-refractivity contribution < 1.29 is 32.4 Å². The van der Waals surface area contributed by atoms with Crippen LogP contribution in [0.3, 0.4) is 0 Å². The van der Waals surface area contributed by atoms with Crippen molar-refractivity contribution in [3.05, 3.63) is 86.9 Å². The normalized spacial score (nSPS) is 13.9. The number of rotatable bonds is 13. The molecule has 0 heterocycles. The summed E-state index contributed by atoms with van der Waals surface area (Å²) in [7, 11) is -1.79. The molecule has 246 valence electrons. The van der Waals surface area contributed by atoms with Crippen LogP contribution in [0.4, 0.5) is 11.4 Å². The number of carbonyl (C=O) groups is 2. The number of nitro groups is 1. The first kappa shape index (κ1) is 34.5. The minimum atomic E-state index is -4.63. The number of ether oxygens (including phenoxy) is 2. The van der Waals surface area contributed by atoms with Crippen LogP contribution in [0, 0.1) is 17.0 Å². The Bertz CT molecular complexity index is 1710. The zero-order chi connectivity index (χ0) is 33.6. The molecule has 4 rings (SSSR count). The van der Waals surface area contributed by atoms with Crippen molar-refractivity contribution >= 4 is 44.8 Å². The maximum absolute atomic E-state index is 14.3. The molecular weight excluding hydrogens is 636 g/mol. The van der Waals surface area contributed by atoms with Crippen LogP contribution in [0.5, 0.6) is 11.5 Å². The lowest BCUT2D eigenvalue weighted by Gasteiger charge is -2.33. The molecule has 1 unspecified atom stereocenters. The molecule has 1 fully saturated rings. The van der Waals surface area contributed by atoms with Crippen molar-refractivity contribution in [2.75, 3.05) is 25.1 Å². The first-order valence-electron chi connectivity index (χ1n) is 14.7. The highest BCUT2D eigenvalue weighted by Gasteiger charge is 2.35. The van der Waals surface area contributed by atoms with Gasteiger partial charge in [-0.1, -0.05) is 42.6 Å². The fourth-order valence-electron chi connectivity index (χ4n) is 5.39. The molecule has 14 heteroatoms. The van der Waals surface area contributed by atoms with E-state index in [0.29, 0.717) is 11.3 Å². The molecule has 1 saturated carbocycles. The van der Waals surface area contributed by atoms with Crippen LogP contribution in [-0.2, 0) is 26.2 Å². The number of carbonyl (C=O) groups excluding carboxylic acids is 2. The lowest BCUT2D eigenvalue weighted by atomic mass is 10.1. The van der Waals surface area contributed by atoms with Gasteiger partial charge in [0.2, 0.25) is 11.8 Å². The quantitative estimate of drug-likeness (QED) is 0.191. The molecule has 0 aliphatic heterocycles. The lowest BCUT2D eigenvalue weighted by molar-refractivity contribution is -0.385. The highest BCUT2D eigenvalue weighted by Crippen LogP contribution is 2.36. The smallest absolute Gasteiger partial charge is 0.273 e. The van der Waals surface area contributed by atoms with Crippen molar-refractivity contribution in [2.45, 2.75) is 63.1 Å². The van der Waals surface area contributed by atoms with Crippen molar-refractivity contribution in [3.8, 4) is 11.5 Å². The Labute approximate surface area is 273 Å². The Morgan fingerprint density at radius 2 is 1.78 bits per heavy atom. The zero-order valence-electron chi connectivity index (χ0n) is 26.1. The van der Waals surface area contributed by atoms with Crippen molar-refractivity contribution in [1.82, 2.24) is 10.2 Å². The van der Waals surface area contributed by atoms with E-state index >= 15 is 0 Å². The summed E-state index contributed by atoms with van der Waals surface area (Å²) in [5.74, 6) is -0.438. The molecule has 0 aromatic heterocycles. The average Bonchev–Trinajstić information content (AvgIpc) is 3.55. The molecule has 0 saturated heterocycles. The molecule has 3 aromatic rings. The Morgan fingerprint density at radius 1 is 1.07 bits per heavy atom. The van der Waals surface area contributed by atoms with Crippen LogP contribution in [0.1, 0.15) is 43.7 Å². The standard InChI is InChI=1S/C32H37ClN4O8S/c1-21-12-14-27(18-28(21)37(40)41)46(42,43)36(29-17-24(33)13-15-30(29)45-4)20-31(38)35(19-23-8-7-11-26(16-23)44-3)22(2)32(39)34-25-9-5-6-10-25/h7-8,11-18,22,25H,5-6,9-10,19-20H2,1-4H3,(H,34,39). The first-order valence-corrected chi connectivity index (χ1v) is 16.5. The molecule has 2 amide bonds. The number of benzene rings is 3. The molecule has 0 radical (unpaired) electrons. The highest BCUT2D eigenvalue weighted by atomic mass is 35.5. The number of halogens is 1. The number of aryl methyl sites for hydroxylation is 1. The number of nitrogens with one attached hydrogen (secondary N) is 1. The molecule has 0 bridgehead atoms. The highest BCUT2D eigenvalue weighted by molar-refractivity contribution is 7.92. The minimum Gasteiger partial charge on any atom is -0.497 e. The molecule has 1 aliphatic rings. The van der Waals surface area contributed by atoms with Gasteiger partial charge in [0.25, 0.3) is 15.7 Å². The summed E-state index contributed by atoms with van der Waals surface area (Å²) < 4.78 is 40.1. The van der Waals surface area contributed by atoms with Crippen LogP contribution in [0.25, 0.3) is 0 Å². The molecule has 1 aliphatic carbocycles. The lowest BCUT2D eigenvalue weighted by Crippen LogP contribution is -2.52. The van der Waals surface area contributed by atoms with E-state index in [1.165, 1.54) is 56.4 Å². The van der Waals surface area contributed by atoms with Gasteiger partial charge in [0.1, 0.15) is 24.1 Å². The van der Waals surface area contributed by atoms with Crippen molar-refractivity contribution in [1.29, 1.82) is 0 Å². The van der Waals surface area contributed by atoms with Crippen LogP contribution in [0.2, 0.25) is 5.02 Å². The number of amides is 2. The van der Waals surface area contributed by atoms with E-state index in [1.807, 2.05) is 0 Å². The number of anilines is 1. The summed E-state index contributed by atoms with van der Waals surface area (Å²) in [6.45, 7) is 2.27. The summed E-state index contributed by atoms with van der Waals surface area (Å²) >= 11 is 6.28. The predicted molar refractivity (Wildman–Crippen MR) is 174 cm³/mol. The zero-order valence-corrected chi connectivity index (χ0v) is 27.6. The fourth-order valence-corrected chi connectivity index (χ4v) is 6.99. The second-order valence-corrected chi connectivity index (χ2v) is 13.4. The Hall–Kier alpha value is -4.36. The number of nitrogens with zero attached hydrogens (tertiary/aromatic N) is 3. The van der Waals surface area contributed by atoms with Crippen LogP contribution in [-0.4, -0.2) is 62.9 Å². The molecule has 3 aromatic carbocycles. The Morgan fingerprint density at radius 3 is 2.43 bits per heavy atom. The second-order valence-electron chi connectivity index (χ2n) is 11.1. The van der Waals surface area contributed by atoms with E-state index < -0.39 is 44.0 Å². The summed E-state index contributed by atoms with van der Waals surface area (Å²) in [4.78, 5) is 39.6. The van der Waals surface area contributed by atoms with Crippen molar-refractivity contribution in [2.24, 2.45) is 0 Å². The number of hydrogen-bond donors (Lipinski definition) is 1. The maximum atomic E-state index is 14.3. The monoisotopic (exact) mass is 672 g/mol. The summed E-state index contributed by atoms with van der Waals surface area (Å²) in [6, 6.07) is 13.8. The van der Waals surface area contributed by atoms with Gasteiger partial charge in [0.15, 0.2) is 0 Å². The topological polar surface area (TPSA) is 148 Å². The largest absolute Gasteiger partial charge is 0.497 e. The first-order chi connectivity index (χ1) is 21.8. The molecule has 12 nitrogen and oxygen atoms in total. The third-order valence-corrected chi connectivity index (χ3v) is 10.0. The van der Waals surface area contributed by atoms with Gasteiger partial charge < -0.3 is 19.7 Å². The number of methoxy groups -OCH3 is 2. The van der Waals surface area contributed by atoms with E-state index in [-0.39, 0.29) is 40.5 Å². The number of hydrogen-bond acceptors (Lipinski definition) is 8. The molecular formula is C32H37ClN4O8S. The summed E-state index contributed by atoms with van der Waals surface area (Å²) in [5, 5.41) is 14.9. The molecule has 1 atom stereocenters. The molecule has 46 heavy (non-hydrogen) atoms. The van der Waals surface area contributed by atoms with Gasteiger partial charge in [0, 0.05) is 29.2 Å². The average molecular weight is 673 g/mol. The minimum absolute atomic E-state index is 0.00588. The van der Waals surface area contributed by atoms with Gasteiger partial charge in [-0.25, -0.2) is 8.42 Å². The van der Waals surface area contributed by atoms with Crippen LogP contribution in [0.15, 0.2) is 65.6 Å². The predicted octanol–water partition coefficient (Wildman–Crippen LogP) is 5.25. The summed E-state index contributed by atoms with van der Waals surface area (Å²) in [6.07, 6.45) is 3.67. The number of nitro benzene ring substituents is 1. The third kappa shape index (κ3) is 7.88. The van der Waals surface area contributed by atoms with Crippen LogP contribution >= 0.6 is 11.6 Å². The van der Waals surface area contributed by atoms with E-state index in [0.717, 1.165) is 36.1 Å². The van der Waals surface area contributed by atoms with Crippen LogP contribution < -0.4 is 19.1 Å². The molecule has 1 N–H and O–H groups in total. The van der Waals surface area contributed by atoms with Gasteiger partial charge >= 0.3 is 0 Å². The second kappa shape index (κ2) is 14.8. The maximum Gasteiger partial charge on any atom is 0.273 e. The van der Waals surface area contributed by atoms with Gasteiger partial charge in [0.05, 0.1) is 29.7 Å². The van der Waals surface area contributed by atoms with Gasteiger partial charge in [-0.15, -0.1) is 0 Å². The van der Waals surface area contributed by atoms with Crippen molar-refractivity contribution in [3.63, 3.8) is 0 Å². The van der Waals surface area contributed by atoms with E-state index in [2.05, 4.69) is 5.32 Å². The van der Waals surface area contributed by atoms with E-state index in [9.17, 15) is 28.1 Å². The summed E-state index contributed by atoms with van der Waals surface area (Å²) in [5.41, 5.74) is 0.453. The Balaban J connectivity index is 1.79. The molecule has 0 spiro atoms.